The molecule has 0 atom stereocenters. The van der Waals surface area contributed by atoms with Gasteiger partial charge in [-0.3, -0.25) is 19.6 Å². The van der Waals surface area contributed by atoms with Crippen molar-refractivity contribution in [2.75, 3.05) is 18.4 Å². The van der Waals surface area contributed by atoms with E-state index in [4.69, 9.17) is 4.74 Å². The number of anilines is 1. The van der Waals surface area contributed by atoms with Crippen molar-refractivity contribution in [2.24, 2.45) is 7.05 Å². The molecule has 1 saturated heterocycles. The molecule has 0 aliphatic carbocycles. The summed E-state index contributed by atoms with van der Waals surface area (Å²) in [4.78, 5) is 44.7. The maximum Gasteiger partial charge on any atom is 0.323 e. The highest BCUT2D eigenvalue weighted by Gasteiger charge is 2.23. The van der Waals surface area contributed by atoms with Gasteiger partial charge >= 0.3 is 6.03 Å². The lowest BCUT2D eigenvalue weighted by Gasteiger charge is -2.26. The molecule has 206 valence electrons. The Bertz CT molecular complexity index is 1610. The van der Waals surface area contributed by atoms with Crippen molar-refractivity contribution in [3.05, 3.63) is 99.9 Å². The fourth-order valence-corrected chi connectivity index (χ4v) is 4.86. The normalized spacial score (nSPS) is 13.2. The van der Waals surface area contributed by atoms with Gasteiger partial charge in [-0.05, 0) is 62.1 Å². The third kappa shape index (κ3) is 5.66. The molecule has 5 rings (SSSR count). The molecule has 1 fully saturated rings. The number of piperidine rings is 1. The summed E-state index contributed by atoms with van der Waals surface area (Å²) in [5.74, 6) is -0.502. The van der Waals surface area contributed by atoms with Crippen LogP contribution in [-0.2, 0) is 13.5 Å². The van der Waals surface area contributed by atoms with Gasteiger partial charge in [-0.2, -0.15) is 0 Å². The van der Waals surface area contributed by atoms with Gasteiger partial charge in [0.25, 0.3) is 5.56 Å². The zero-order chi connectivity index (χ0) is 28.2. The first kappa shape index (κ1) is 26.9. The fourth-order valence-electron chi connectivity index (χ4n) is 4.86. The second kappa shape index (κ2) is 11.6. The van der Waals surface area contributed by atoms with Crippen molar-refractivity contribution < 1.29 is 18.7 Å². The van der Waals surface area contributed by atoms with E-state index in [9.17, 15) is 18.8 Å². The van der Waals surface area contributed by atoms with Gasteiger partial charge in [0.15, 0.2) is 17.3 Å². The monoisotopic (exact) mass is 543 g/mol. The van der Waals surface area contributed by atoms with Gasteiger partial charge in [-0.15, -0.1) is 0 Å². The van der Waals surface area contributed by atoms with Crippen molar-refractivity contribution in [1.29, 1.82) is 0 Å². The number of hydrogen-bond acceptors (Lipinski definition) is 5. The van der Waals surface area contributed by atoms with E-state index in [0.29, 0.717) is 41.6 Å². The number of benzene rings is 2. The Morgan fingerprint density at radius 1 is 1.02 bits per heavy atom. The molecule has 9 nitrogen and oxygen atoms in total. The zero-order valence-electron chi connectivity index (χ0n) is 22.4. The SMILES string of the molecule is Cc1c(C(=O)Cc2ccc(Oc3ccnc(NC(=O)N4CCCCC4)c3)c(F)c2)c(=O)n(-c2ccccc2)n1C. The summed E-state index contributed by atoms with van der Waals surface area (Å²) in [5, 5.41) is 2.76. The van der Waals surface area contributed by atoms with Gasteiger partial charge in [0.2, 0.25) is 0 Å². The predicted molar refractivity (Wildman–Crippen MR) is 149 cm³/mol. The lowest BCUT2D eigenvalue weighted by atomic mass is 10.0. The van der Waals surface area contributed by atoms with Crippen molar-refractivity contribution >= 4 is 17.6 Å². The maximum atomic E-state index is 15.0. The van der Waals surface area contributed by atoms with Gasteiger partial charge in [-0.25, -0.2) is 18.9 Å². The van der Waals surface area contributed by atoms with E-state index in [2.05, 4.69) is 10.3 Å². The molecule has 3 heterocycles. The van der Waals surface area contributed by atoms with Crippen molar-refractivity contribution in [3.8, 4) is 17.2 Å². The summed E-state index contributed by atoms with van der Waals surface area (Å²) in [5.41, 5.74) is 1.24. The molecule has 1 N–H and O–H groups in total. The smallest absolute Gasteiger partial charge is 0.323 e. The molecule has 2 aromatic carbocycles. The first-order chi connectivity index (χ1) is 19.3. The summed E-state index contributed by atoms with van der Waals surface area (Å²) in [6.07, 6.45) is 4.39. The summed E-state index contributed by atoms with van der Waals surface area (Å²) >= 11 is 0. The molecule has 0 radical (unpaired) electrons. The number of nitrogens with zero attached hydrogens (tertiary/aromatic N) is 4. The van der Waals surface area contributed by atoms with Crippen LogP contribution in [-0.4, -0.2) is 44.2 Å². The first-order valence-electron chi connectivity index (χ1n) is 13.2. The molecule has 4 aromatic rings. The fraction of sp³-hybridized carbons (Fsp3) is 0.267. The van der Waals surface area contributed by atoms with Gasteiger partial charge in [0.05, 0.1) is 5.69 Å². The van der Waals surface area contributed by atoms with Crippen LogP contribution in [0.2, 0.25) is 0 Å². The number of nitrogens with one attached hydrogen (secondary N) is 1. The Balaban J connectivity index is 1.28. The van der Waals surface area contributed by atoms with Crippen LogP contribution in [0, 0.1) is 12.7 Å². The van der Waals surface area contributed by atoms with E-state index in [-0.39, 0.29) is 23.8 Å². The highest BCUT2D eigenvalue weighted by Crippen LogP contribution is 2.27. The summed E-state index contributed by atoms with van der Waals surface area (Å²) < 4.78 is 23.8. The lowest BCUT2D eigenvalue weighted by molar-refractivity contribution is 0.0991. The van der Waals surface area contributed by atoms with Gasteiger partial charge in [0.1, 0.15) is 17.1 Å². The van der Waals surface area contributed by atoms with E-state index < -0.39 is 17.2 Å². The molecule has 2 amide bonds. The van der Waals surface area contributed by atoms with Crippen LogP contribution >= 0.6 is 0 Å². The molecular formula is C30H30FN5O4. The van der Waals surface area contributed by atoms with E-state index in [1.54, 1.807) is 47.8 Å². The minimum atomic E-state index is -0.660. The van der Waals surface area contributed by atoms with E-state index in [1.165, 1.54) is 29.1 Å². The highest BCUT2D eigenvalue weighted by atomic mass is 19.1. The number of aromatic nitrogens is 3. The van der Waals surface area contributed by atoms with Gasteiger partial charge < -0.3 is 9.64 Å². The van der Waals surface area contributed by atoms with Crippen LogP contribution in [0.4, 0.5) is 15.0 Å². The Morgan fingerprint density at radius 2 is 1.77 bits per heavy atom. The molecule has 0 bridgehead atoms. The van der Waals surface area contributed by atoms with Gasteiger partial charge in [-0.1, -0.05) is 24.3 Å². The average Bonchev–Trinajstić information content (AvgIpc) is 3.18. The topological polar surface area (TPSA) is 98.5 Å². The van der Waals surface area contributed by atoms with Crippen LogP contribution in [0.25, 0.3) is 5.69 Å². The number of pyridine rings is 1. The zero-order valence-corrected chi connectivity index (χ0v) is 22.4. The minimum Gasteiger partial charge on any atom is -0.454 e. The number of rotatable bonds is 7. The number of carbonyl (C=O) groups excluding carboxylic acids is 2. The molecule has 40 heavy (non-hydrogen) atoms. The molecule has 1 aliphatic rings. The molecule has 0 unspecified atom stereocenters. The van der Waals surface area contributed by atoms with Crippen molar-refractivity contribution in [1.82, 2.24) is 19.2 Å². The number of ketones is 1. The maximum absolute atomic E-state index is 15.0. The predicted octanol–water partition coefficient (Wildman–Crippen LogP) is 5.25. The number of ether oxygens (including phenoxy) is 1. The van der Waals surface area contributed by atoms with Crippen LogP contribution in [0.1, 0.15) is 40.9 Å². The molecular weight excluding hydrogens is 513 g/mol. The Hall–Kier alpha value is -4.73. The number of carbonyl (C=O) groups is 2. The highest BCUT2D eigenvalue weighted by molar-refractivity contribution is 5.98. The molecule has 1 aliphatic heterocycles. The standard InChI is InChI=1S/C30H30FN5O4/c1-20-28(29(38)36(34(20)2)22-9-5-3-6-10-22)25(37)18-21-11-12-26(24(31)17-21)40-23-13-14-32-27(19-23)33-30(39)35-15-7-4-8-16-35/h3,5-6,9-14,17,19H,4,7-8,15-16,18H2,1-2H3,(H,32,33,39). The quantitative estimate of drug-likeness (QED) is 0.321. The molecule has 10 heteroatoms. The average molecular weight is 544 g/mol. The number of Topliss-reactive ketones (excluding diaryl/α,β-unsaturated/α-hetero) is 1. The first-order valence-corrected chi connectivity index (χ1v) is 13.2. The third-order valence-electron chi connectivity index (χ3n) is 7.03. The second-order valence-electron chi connectivity index (χ2n) is 9.76. The number of amides is 2. The summed E-state index contributed by atoms with van der Waals surface area (Å²) in [6.45, 7) is 3.12. The number of urea groups is 1. The van der Waals surface area contributed by atoms with Crippen LogP contribution in [0.3, 0.4) is 0 Å². The molecule has 2 aromatic heterocycles. The number of para-hydroxylation sites is 1. The minimum absolute atomic E-state index is 0.0435. The van der Waals surface area contributed by atoms with E-state index >= 15 is 0 Å². The largest absolute Gasteiger partial charge is 0.454 e. The van der Waals surface area contributed by atoms with Crippen molar-refractivity contribution in [3.63, 3.8) is 0 Å². The van der Waals surface area contributed by atoms with Gasteiger partial charge in [0, 0.05) is 44.5 Å². The third-order valence-corrected chi connectivity index (χ3v) is 7.03. The number of hydrogen-bond donors (Lipinski definition) is 1. The Labute approximate surface area is 230 Å². The molecule has 0 spiro atoms. The van der Waals surface area contributed by atoms with Crippen LogP contribution in [0.15, 0.2) is 71.7 Å². The lowest BCUT2D eigenvalue weighted by Crippen LogP contribution is -2.38. The number of halogens is 1. The second-order valence-corrected chi connectivity index (χ2v) is 9.76. The summed E-state index contributed by atoms with van der Waals surface area (Å²) in [6, 6.07) is 16.2. The van der Waals surface area contributed by atoms with E-state index in [1.807, 2.05) is 18.2 Å². The van der Waals surface area contributed by atoms with Crippen LogP contribution < -0.4 is 15.6 Å². The summed E-state index contributed by atoms with van der Waals surface area (Å²) in [7, 11) is 1.72. The number of likely N-dealkylation sites (tertiary alicyclic amines) is 1. The van der Waals surface area contributed by atoms with E-state index in [0.717, 1.165) is 19.3 Å². The Kier molecular flexibility index (Phi) is 7.77. The van der Waals surface area contributed by atoms with Crippen molar-refractivity contribution in [2.45, 2.75) is 32.6 Å². The Morgan fingerprint density at radius 3 is 2.50 bits per heavy atom. The molecule has 0 saturated carbocycles. The van der Waals surface area contributed by atoms with Crippen LogP contribution in [0.5, 0.6) is 11.5 Å².